The van der Waals surface area contributed by atoms with Crippen molar-refractivity contribution >= 4 is 6.34 Å². The fourth-order valence-corrected chi connectivity index (χ4v) is 1.84. The highest BCUT2D eigenvalue weighted by molar-refractivity contribution is 5.60. The Bertz CT molecular complexity index is 508. The van der Waals surface area contributed by atoms with Gasteiger partial charge < -0.3 is 0 Å². The molecule has 0 N–H and O–H groups in total. The van der Waals surface area contributed by atoms with Crippen LogP contribution in [-0.2, 0) is 5.66 Å². The second kappa shape index (κ2) is 3.86. The first-order chi connectivity index (χ1) is 8.42. The molecular formula is C12H9N5. The molecule has 2 aromatic rings. The number of nitrogens with zero attached hydrogens (tertiary/aromatic N) is 5. The van der Waals surface area contributed by atoms with Gasteiger partial charge in [-0.1, -0.05) is 0 Å². The largest absolute Gasteiger partial charge is 0.265 e. The van der Waals surface area contributed by atoms with E-state index in [4.69, 9.17) is 0 Å². The van der Waals surface area contributed by atoms with Gasteiger partial charge in [0.1, 0.15) is 6.34 Å². The van der Waals surface area contributed by atoms with Crippen LogP contribution in [0.5, 0.6) is 0 Å². The Morgan fingerprint density at radius 3 is 1.71 bits per heavy atom. The maximum atomic E-state index is 4.39. The van der Waals surface area contributed by atoms with Crippen LogP contribution in [-0.4, -0.2) is 16.3 Å². The fourth-order valence-electron chi connectivity index (χ4n) is 1.84. The topological polar surface area (TPSA) is 62.9 Å². The quantitative estimate of drug-likeness (QED) is 0.783. The Balaban J connectivity index is 2.19. The highest BCUT2D eigenvalue weighted by atomic mass is 15.3. The summed E-state index contributed by atoms with van der Waals surface area (Å²) in [6, 6.07) is 7.56. The normalized spacial score (nSPS) is 16.2. The number of aromatic nitrogens is 2. The highest BCUT2D eigenvalue weighted by Gasteiger charge is 2.35. The van der Waals surface area contributed by atoms with Crippen molar-refractivity contribution in [2.24, 2.45) is 15.2 Å². The molecule has 17 heavy (non-hydrogen) atoms. The van der Waals surface area contributed by atoms with E-state index in [-0.39, 0.29) is 0 Å². The van der Waals surface area contributed by atoms with Gasteiger partial charge >= 0.3 is 0 Å². The zero-order valence-electron chi connectivity index (χ0n) is 8.93. The maximum Gasteiger partial charge on any atom is 0.223 e. The molecule has 0 radical (unpaired) electrons. The smallest absolute Gasteiger partial charge is 0.223 e. The van der Waals surface area contributed by atoms with Crippen molar-refractivity contribution in [3.8, 4) is 0 Å². The molecule has 0 aromatic carbocycles. The SMILES string of the molecule is C1=NC(c2ccncc2)(c2ccncc2)N=N1. The van der Waals surface area contributed by atoms with E-state index >= 15 is 0 Å². The Labute approximate surface area is 98.0 Å². The number of aliphatic imine (C=N–C) groups is 1. The van der Waals surface area contributed by atoms with Crippen LogP contribution >= 0.6 is 0 Å². The molecule has 0 bridgehead atoms. The molecular weight excluding hydrogens is 214 g/mol. The second-order valence-corrected chi connectivity index (χ2v) is 3.60. The second-order valence-electron chi connectivity index (χ2n) is 3.60. The van der Waals surface area contributed by atoms with E-state index in [1.54, 1.807) is 24.8 Å². The number of hydrogen-bond acceptors (Lipinski definition) is 5. The fraction of sp³-hybridized carbons (Fsp3) is 0.0833. The van der Waals surface area contributed by atoms with E-state index in [0.29, 0.717) is 0 Å². The van der Waals surface area contributed by atoms with Crippen molar-refractivity contribution in [1.82, 2.24) is 9.97 Å². The lowest BCUT2D eigenvalue weighted by Gasteiger charge is -2.21. The molecule has 5 nitrogen and oxygen atoms in total. The summed E-state index contributed by atoms with van der Waals surface area (Å²) in [5.74, 6) is 0. The van der Waals surface area contributed by atoms with E-state index in [0.717, 1.165) is 11.1 Å². The first-order valence-electron chi connectivity index (χ1n) is 5.18. The van der Waals surface area contributed by atoms with Crippen LogP contribution in [0.15, 0.2) is 64.3 Å². The van der Waals surface area contributed by atoms with Gasteiger partial charge in [-0.3, -0.25) is 9.97 Å². The van der Waals surface area contributed by atoms with Gasteiger partial charge in [0.15, 0.2) is 0 Å². The summed E-state index contributed by atoms with van der Waals surface area (Å²) < 4.78 is 0. The monoisotopic (exact) mass is 223 g/mol. The van der Waals surface area contributed by atoms with Gasteiger partial charge in [-0.15, -0.1) is 10.2 Å². The first-order valence-corrected chi connectivity index (χ1v) is 5.18. The van der Waals surface area contributed by atoms with Crippen LogP contribution in [0.25, 0.3) is 0 Å². The molecule has 0 fully saturated rings. The summed E-state index contributed by atoms with van der Waals surface area (Å²) >= 11 is 0. The Morgan fingerprint density at radius 2 is 1.29 bits per heavy atom. The maximum absolute atomic E-state index is 4.39. The van der Waals surface area contributed by atoms with Gasteiger partial charge in [0.2, 0.25) is 5.66 Å². The summed E-state index contributed by atoms with van der Waals surface area (Å²) in [6.45, 7) is 0. The average Bonchev–Trinajstić information content (AvgIpc) is 2.91. The van der Waals surface area contributed by atoms with Crippen molar-refractivity contribution in [2.45, 2.75) is 5.66 Å². The Hall–Kier alpha value is -2.43. The first kappa shape index (κ1) is 9.77. The minimum Gasteiger partial charge on any atom is -0.265 e. The summed E-state index contributed by atoms with van der Waals surface area (Å²) in [6.07, 6.45) is 8.37. The molecule has 0 saturated carbocycles. The van der Waals surface area contributed by atoms with Crippen molar-refractivity contribution < 1.29 is 0 Å². The van der Waals surface area contributed by atoms with Gasteiger partial charge in [-0.2, -0.15) is 0 Å². The van der Waals surface area contributed by atoms with E-state index in [2.05, 4.69) is 25.2 Å². The van der Waals surface area contributed by atoms with E-state index in [1.165, 1.54) is 6.34 Å². The van der Waals surface area contributed by atoms with Gasteiger partial charge in [0, 0.05) is 35.9 Å². The lowest BCUT2D eigenvalue weighted by Crippen LogP contribution is -2.20. The molecule has 3 heterocycles. The van der Waals surface area contributed by atoms with E-state index in [1.807, 2.05) is 24.3 Å². The average molecular weight is 223 g/mol. The zero-order valence-corrected chi connectivity index (χ0v) is 8.93. The van der Waals surface area contributed by atoms with E-state index < -0.39 is 5.66 Å². The summed E-state index contributed by atoms with van der Waals surface area (Å²) in [5, 5.41) is 8.14. The van der Waals surface area contributed by atoms with Gasteiger partial charge in [-0.25, -0.2) is 4.99 Å². The summed E-state index contributed by atoms with van der Waals surface area (Å²) in [7, 11) is 0. The molecule has 0 unspecified atom stereocenters. The molecule has 3 rings (SSSR count). The van der Waals surface area contributed by atoms with Crippen molar-refractivity contribution in [3.63, 3.8) is 0 Å². The number of hydrogen-bond donors (Lipinski definition) is 0. The third kappa shape index (κ3) is 1.52. The molecule has 0 spiro atoms. The number of rotatable bonds is 2. The molecule has 0 saturated heterocycles. The molecule has 1 aliphatic rings. The van der Waals surface area contributed by atoms with Crippen LogP contribution in [0.1, 0.15) is 11.1 Å². The molecule has 0 atom stereocenters. The summed E-state index contributed by atoms with van der Waals surface area (Å²) in [5.41, 5.74) is 1.11. The lowest BCUT2D eigenvalue weighted by molar-refractivity contribution is 0.570. The predicted octanol–water partition coefficient (Wildman–Crippen LogP) is 2.17. The molecule has 2 aromatic heterocycles. The third-order valence-electron chi connectivity index (χ3n) is 2.66. The lowest BCUT2D eigenvalue weighted by atomic mass is 9.94. The van der Waals surface area contributed by atoms with Crippen molar-refractivity contribution in [3.05, 3.63) is 60.2 Å². The van der Waals surface area contributed by atoms with Crippen molar-refractivity contribution in [2.75, 3.05) is 0 Å². The van der Waals surface area contributed by atoms with Crippen LogP contribution in [0.3, 0.4) is 0 Å². The Kier molecular flexibility index (Phi) is 2.22. The molecule has 82 valence electrons. The Morgan fingerprint density at radius 1 is 0.765 bits per heavy atom. The van der Waals surface area contributed by atoms with Crippen molar-refractivity contribution in [1.29, 1.82) is 0 Å². The molecule has 1 aliphatic heterocycles. The van der Waals surface area contributed by atoms with E-state index in [9.17, 15) is 0 Å². The van der Waals surface area contributed by atoms with Crippen LogP contribution in [0.2, 0.25) is 0 Å². The summed E-state index contributed by atoms with van der Waals surface area (Å²) in [4.78, 5) is 12.4. The predicted molar refractivity (Wildman–Crippen MR) is 62.6 cm³/mol. The minimum absolute atomic E-state index is 0.772. The van der Waals surface area contributed by atoms with Gasteiger partial charge in [0.25, 0.3) is 0 Å². The molecule has 0 aliphatic carbocycles. The van der Waals surface area contributed by atoms with Crippen LogP contribution < -0.4 is 0 Å². The highest BCUT2D eigenvalue weighted by Crippen LogP contribution is 2.36. The number of pyridine rings is 2. The third-order valence-corrected chi connectivity index (χ3v) is 2.66. The number of azo groups is 1. The van der Waals surface area contributed by atoms with Crippen LogP contribution in [0, 0.1) is 0 Å². The van der Waals surface area contributed by atoms with Gasteiger partial charge in [0.05, 0.1) is 0 Å². The zero-order chi connectivity index (χ0) is 11.6. The minimum atomic E-state index is -0.772. The standard InChI is InChI=1S/C12H9N5/c1-5-13-6-2-10(1)12(15-9-16-17-12)11-3-7-14-8-4-11/h1-9H. The van der Waals surface area contributed by atoms with Crippen LogP contribution in [0.4, 0.5) is 0 Å². The molecule has 5 heteroatoms. The molecule has 0 amide bonds. The van der Waals surface area contributed by atoms with Gasteiger partial charge in [-0.05, 0) is 24.3 Å².